The van der Waals surface area contributed by atoms with E-state index in [1.165, 1.54) is 0 Å². The fraction of sp³-hybridized carbons (Fsp3) is 0.333. The number of amides is 2. The lowest BCUT2D eigenvalue weighted by molar-refractivity contribution is -0.147. The minimum Gasteiger partial charge on any atom is -0.481 e. The molecule has 0 heterocycles. The normalized spacial score (nSPS) is 12.7. The van der Waals surface area contributed by atoms with E-state index < -0.39 is 48.8 Å². The van der Waals surface area contributed by atoms with Crippen molar-refractivity contribution < 1.29 is 29.4 Å². The van der Waals surface area contributed by atoms with Crippen molar-refractivity contribution in [2.45, 2.75) is 24.9 Å². The van der Waals surface area contributed by atoms with Crippen LogP contribution in [0, 0.1) is 0 Å². The van der Waals surface area contributed by atoms with Gasteiger partial charge in [0.15, 0.2) is 0 Å². The van der Waals surface area contributed by atoms with Gasteiger partial charge in [0.1, 0.15) is 6.04 Å². The van der Waals surface area contributed by atoms with Crippen LogP contribution in [-0.4, -0.2) is 52.6 Å². The fourth-order valence-electron chi connectivity index (χ4n) is 1.88. The van der Waals surface area contributed by atoms with Gasteiger partial charge in [0, 0.05) is 0 Å². The quantitative estimate of drug-likeness (QED) is 0.375. The maximum atomic E-state index is 11.8. The zero-order chi connectivity index (χ0) is 18.1. The molecule has 0 saturated heterocycles. The molecule has 130 valence electrons. The van der Waals surface area contributed by atoms with E-state index in [2.05, 4.69) is 5.32 Å². The summed E-state index contributed by atoms with van der Waals surface area (Å²) in [6.45, 7) is -0.495. The van der Waals surface area contributed by atoms with Crippen molar-refractivity contribution in [1.82, 2.24) is 10.6 Å². The fourth-order valence-corrected chi connectivity index (χ4v) is 1.88. The van der Waals surface area contributed by atoms with E-state index in [1.54, 1.807) is 0 Å². The lowest BCUT2D eigenvalue weighted by Gasteiger charge is -2.14. The van der Waals surface area contributed by atoms with Gasteiger partial charge in [0.25, 0.3) is 0 Å². The standard InChI is InChI=1S/C15H19N3O6/c16-10(6-9-4-2-1-3-5-9)14(22)17-8-12(19)18-11(15(23)24)7-13(20)21/h1-5,10-11H,6-8,16H2,(H,17,22)(H,18,19)(H,20,21)(H,23,24). The van der Waals surface area contributed by atoms with Crippen LogP contribution in [-0.2, 0) is 25.6 Å². The number of nitrogens with one attached hydrogen (secondary N) is 2. The zero-order valence-electron chi connectivity index (χ0n) is 12.8. The topological polar surface area (TPSA) is 159 Å². The minimum absolute atomic E-state index is 0.283. The molecular weight excluding hydrogens is 318 g/mol. The van der Waals surface area contributed by atoms with Gasteiger partial charge < -0.3 is 26.6 Å². The molecule has 1 rings (SSSR count). The molecule has 1 aromatic carbocycles. The van der Waals surface area contributed by atoms with Gasteiger partial charge in [-0.15, -0.1) is 0 Å². The molecule has 9 nitrogen and oxygen atoms in total. The molecule has 0 saturated carbocycles. The highest BCUT2D eigenvalue weighted by Gasteiger charge is 2.23. The molecule has 24 heavy (non-hydrogen) atoms. The van der Waals surface area contributed by atoms with Gasteiger partial charge in [0.2, 0.25) is 11.8 Å². The summed E-state index contributed by atoms with van der Waals surface area (Å²) in [5, 5.41) is 21.7. The highest BCUT2D eigenvalue weighted by atomic mass is 16.4. The van der Waals surface area contributed by atoms with Crippen LogP contribution >= 0.6 is 0 Å². The Morgan fingerprint density at radius 3 is 2.25 bits per heavy atom. The van der Waals surface area contributed by atoms with Gasteiger partial charge in [-0.2, -0.15) is 0 Å². The number of carbonyl (C=O) groups excluding carboxylic acids is 2. The number of carbonyl (C=O) groups is 4. The number of benzene rings is 1. The van der Waals surface area contributed by atoms with Crippen LogP contribution in [0.2, 0.25) is 0 Å². The second-order valence-corrected chi connectivity index (χ2v) is 5.07. The molecule has 0 fully saturated rings. The monoisotopic (exact) mass is 337 g/mol. The molecule has 0 aromatic heterocycles. The molecule has 1 aromatic rings. The van der Waals surface area contributed by atoms with Crippen molar-refractivity contribution in [2.24, 2.45) is 5.73 Å². The first-order chi connectivity index (χ1) is 11.3. The predicted octanol–water partition coefficient (Wildman–Crippen LogP) is -1.28. The summed E-state index contributed by atoms with van der Waals surface area (Å²) >= 11 is 0. The van der Waals surface area contributed by atoms with Crippen LogP contribution in [0.15, 0.2) is 30.3 Å². The average molecular weight is 337 g/mol. The first-order valence-corrected chi connectivity index (χ1v) is 7.10. The van der Waals surface area contributed by atoms with Crippen molar-refractivity contribution in [3.8, 4) is 0 Å². The SMILES string of the molecule is NC(Cc1ccccc1)C(=O)NCC(=O)NC(CC(=O)O)C(=O)O. The molecule has 0 spiro atoms. The van der Waals surface area contributed by atoms with E-state index in [0.29, 0.717) is 0 Å². The number of nitrogens with two attached hydrogens (primary N) is 1. The van der Waals surface area contributed by atoms with E-state index in [4.69, 9.17) is 15.9 Å². The maximum absolute atomic E-state index is 11.8. The molecule has 0 aliphatic carbocycles. The zero-order valence-corrected chi connectivity index (χ0v) is 12.8. The predicted molar refractivity (Wildman–Crippen MR) is 83.0 cm³/mol. The average Bonchev–Trinajstić information content (AvgIpc) is 2.52. The number of carboxylic acid groups (broad SMARTS) is 2. The molecular formula is C15H19N3O6. The summed E-state index contributed by atoms with van der Waals surface area (Å²) in [4.78, 5) is 44.8. The van der Waals surface area contributed by atoms with Crippen LogP contribution in [0.1, 0.15) is 12.0 Å². The van der Waals surface area contributed by atoms with Gasteiger partial charge in [-0.1, -0.05) is 30.3 Å². The molecule has 2 unspecified atom stereocenters. The third kappa shape index (κ3) is 6.88. The Kier molecular flexibility index (Phi) is 7.37. The highest BCUT2D eigenvalue weighted by Crippen LogP contribution is 2.01. The number of rotatable bonds is 9. The first-order valence-electron chi connectivity index (χ1n) is 7.10. The van der Waals surface area contributed by atoms with E-state index in [-0.39, 0.29) is 6.42 Å². The summed E-state index contributed by atoms with van der Waals surface area (Å²) in [7, 11) is 0. The van der Waals surface area contributed by atoms with Gasteiger partial charge >= 0.3 is 11.9 Å². The number of hydrogen-bond donors (Lipinski definition) is 5. The highest BCUT2D eigenvalue weighted by molar-refractivity contribution is 5.90. The van der Waals surface area contributed by atoms with Crippen molar-refractivity contribution in [1.29, 1.82) is 0 Å². The summed E-state index contributed by atoms with van der Waals surface area (Å²) < 4.78 is 0. The molecule has 2 atom stereocenters. The Morgan fingerprint density at radius 1 is 1.08 bits per heavy atom. The summed E-state index contributed by atoms with van der Waals surface area (Å²) in [6, 6.07) is 6.63. The van der Waals surface area contributed by atoms with Crippen LogP contribution in [0.25, 0.3) is 0 Å². The number of aliphatic carboxylic acids is 2. The Hall–Kier alpha value is -2.94. The lowest BCUT2D eigenvalue weighted by atomic mass is 10.1. The second-order valence-electron chi connectivity index (χ2n) is 5.07. The maximum Gasteiger partial charge on any atom is 0.326 e. The Labute approximate surface area is 137 Å². The molecule has 0 aliphatic rings. The van der Waals surface area contributed by atoms with Crippen LogP contribution in [0.5, 0.6) is 0 Å². The smallest absolute Gasteiger partial charge is 0.326 e. The Morgan fingerprint density at radius 2 is 1.71 bits per heavy atom. The van der Waals surface area contributed by atoms with Crippen molar-refractivity contribution >= 4 is 23.8 Å². The van der Waals surface area contributed by atoms with Gasteiger partial charge in [-0.3, -0.25) is 14.4 Å². The van der Waals surface area contributed by atoms with Crippen molar-refractivity contribution in [3.63, 3.8) is 0 Å². The number of carboxylic acids is 2. The molecule has 2 amide bonds. The largest absolute Gasteiger partial charge is 0.481 e. The Bertz CT molecular complexity index is 604. The molecule has 0 aliphatic heterocycles. The third-order valence-electron chi connectivity index (χ3n) is 3.07. The van der Waals surface area contributed by atoms with Gasteiger partial charge in [-0.05, 0) is 12.0 Å². The van der Waals surface area contributed by atoms with Crippen LogP contribution in [0.4, 0.5) is 0 Å². The van der Waals surface area contributed by atoms with E-state index in [9.17, 15) is 19.2 Å². The van der Waals surface area contributed by atoms with Gasteiger partial charge in [-0.25, -0.2) is 4.79 Å². The third-order valence-corrected chi connectivity index (χ3v) is 3.07. The van der Waals surface area contributed by atoms with Crippen molar-refractivity contribution in [2.75, 3.05) is 6.54 Å². The van der Waals surface area contributed by atoms with E-state index in [1.807, 2.05) is 35.6 Å². The van der Waals surface area contributed by atoms with Crippen molar-refractivity contribution in [3.05, 3.63) is 35.9 Å². The van der Waals surface area contributed by atoms with E-state index in [0.717, 1.165) is 5.56 Å². The van der Waals surface area contributed by atoms with Gasteiger partial charge in [0.05, 0.1) is 19.0 Å². The number of hydrogen-bond acceptors (Lipinski definition) is 5. The first kappa shape index (κ1) is 19.1. The second kappa shape index (κ2) is 9.26. The lowest BCUT2D eigenvalue weighted by Crippen LogP contribution is -2.49. The minimum atomic E-state index is -1.56. The molecule has 0 radical (unpaired) electrons. The molecule has 9 heteroatoms. The van der Waals surface area contributed by atoms with Crippen LogP contribution in [0.3, 0.4) is 0 Å². The summed E-state index contributed by atoms with van der Waals surface area (Å²) in [5.41, 5.74) is 6.59. The summed E-state index contributed by atoms with van der Waals surface area (Å²) in [5.74, 6) is -4.22. The Balaban J connectivity index is 2.43. The summed E-state index contributed by atoms with van der Waals surface area (Å²) in [6.07, 6.45) is -0.479. The molecule has 6 N–H and O–H groups in total. The van der Waals surface area contributed by atoms with E-state index >= 15 is 0 Å². The van der Waals surface area contributed by atoms with Crippen LogP contribution < -0.4 is 16.4 Å². The molecule has 0 bridgehead atoms.